The monoisotopic (exact) mass is 289 g/mol. The van der Waals surface area contributed by atoms with E-state index in [1.165, 1.54) is 0 Å². The second-order valence-electron chi connectivity index (χ2n) is 4.64. The van der Waals surface area contributed by atoms with E-state index in [-0.39, 0.29) is 0 Å². The maximum absolute atomic E-state index is 5.83. The Balaban J connectivity index is 2.11. The van der Waals surface area contributed by atoms with Crippen LogP contribution in [0.5, 0.6) is 11.6 Å². The molecule has 0 bridgehead atoms. The summed E-state index contributed by atoms with van der Waals surface area (Å²) in [5.74, 6) is 1.33. The predicted molar refractivity (Wildman–Crippen MR) is 82.3 cm³/mol. The fraction of sp³-hybridized carbons (Fsp3) is 0.333. The topological polar surface area (TPSA) is 47.0 Å². The summed E-state index contributed by atoms with van der Waals surface area (Å²) in [7, 11) is 0. The number of rotatable bonds is 6. The first-order chi connectivity index (χ1) is 9.69. The minimum atomic E-state index is 0.415. The van der Waals surface area contributed by atoms with Gasteiger partial charge in [-0.2, -0.15) is 0 Å². The Bertz CT molecular complexity index is 560. The van der Waals surface area contributed by atoms with Crippen LogP contribution in [0.25, 0.3) is 0 Å². The fourth-order valence-corrected chi connectivity index (χ4v) is 2.17. The van der Waals surface area contributed by atoms with Crippen LogP contribution >= 0.6 is 11.8 Å². The third-order valence-corrected chi connectivity index (χ3v) is 3.41. The number of benzene rings is 1. The summed E-state index contributed by atoms with van der Waals surface area (Å²) < 4.78 is 5.83. The Morgan fingerprint density at radius 2 is 2.05 bits per heavy atom. The van der Waals surface area contributed by atoms with Crippen molar-refractivity contribution in [1.29, 1.82) is 0 Å². The molecule has 2 rings (SSSR count). The molecule has 0 unspecified atom stereocenters. The zero-order chi connectivity index (χ0) is 14.4. The van der Waals surface area contributed by atoms with Crippen molar-refractivity contribution in [1.82, 2.24) is 15.3 Å². The van der Waals surface area contributed by atoms with Crippen molar-refractivity contribution in [3.8, 4) is 11.6 Å². The molecular weight excluding hydrogens is 270 g/mol. The van der Waals surface area contributed by atoms with Gasteiger partial charge in [0.2, 0.25) is 5.88 Å². The van der Waals surface area contributed by atoms with E-state index in [1.54, 1.807) is 24.2 Å². The normalized spacial score (nSPS) is 10.8. The van der Waals surface area contributed by atoms with Crippen LogP contribution in [0.2, 0.25) is 0 Å². The Hall–Kier alpha value is -1.59. The maximum atomic E-state index is 5.83. The first kappa shape index (κ1) is 14.8. The summed E-state index contributed by atoms with van der Waals surface area (Å²) in [6.45, 7) is 4.89. The van der Waals surface area contributed by atoms with Crippen molar-refractivity contribution in [3.05, 3.63) is 42.4 Å². The summed E-state index contributed by atoms with van der Waals surface area (Å²) in [6, 6.07) is 8.32. The summed E-state index contributed by atoms with van der Waals surface area (Å²) in [6.07, 6.45) is 5.41. The SMILES string of the molecule is CSc1ccccc1Oc1cncc(CNC(C)C)n1. The lowest BCUT2D eigenvalue weighted by Gasteiger charge is -2.10. The van der Waals surface area contributed by atoms with Crippen molar-refractivity contribution < 1.29 is 4.74 Å². The molecule has 0 spiro atoms. The predicted octanol–water partition coefficient (Wildman–Crippen LogP) is 3.49. The van der Waals surface area contributed by atoms with Gasteiger partial charge in [-0.05, 0) is 18.4 Å². The van der Waals surface area contributed by atoms with Crippen LogP contribution in [0.4, 0.5) is 0 Å². The van der Waals surface area contributed by atoms with E-state index in [1.807, 2.05) is 30.5 Å². The summed E-state index contributed by atoms with van der Waals surface area (Å²) >= 11 is 1.65. The zero-order valence-electron chi connectivity index (χ0n) is 12.0. The minimum Gasteiger partial charge on any atom is -0.436 e. The van der Waals surface area contributed by atoms with Gasteiger partial charge in [-0.25, -0.2) is 4.98 Å². The van der Waals surface area contributed by atoms with Crippen LogP contribution in [0, 0.1) is 0 Å². The number of ether oxygens (including phenoxy) is 1. The van der Waals surface area contributed by atoms with Gasteiger partial charge in [0.05, 0.1) is 11.9 Å². The van der Waals surface area contributed by atoms with Crippen molar-refractivity contribution in [2.45, 2.75) is 31.3 Å². The number of thioether (sulfide) groups is 1. The van der Waals surface area contributed by atoms with E-state index in [2.05, 4.69) is 29.1 Å². The molecule has 2 aromatic rings. The molecule has 4 nitrogen and oxygen atoms in total. The third-order valence-electron chi connectivity index (χ3n) is 2.64. The maximum Gasteiger partial charge on any atom is 0.238 e. The van der Waals surface area contributed by atoms with Gasteiger partial charge >= 0.3 is 0 Å². The second-order valence-corrected chi connectivity index (χ2v) is 5.49. The second kappa shape index (κ2) is 7.26. The zero-order valence-corrected chi connectivity index (χ0v) is 12.8. The molecule has 0 atom stereocenters. The summed E-state index contributed by atoms with van der Waals surface area (Å²) in [5, 5.41) is 3.31. The van der Waals surface area contributed by atoms with E-state index in [9.17, 15) is 0 Å². The van der Waals surface area contributed by atoms with Crippen molar-refractivity contribution in [3.63, 3.8) is 0 Å². The van der Waals surface area contributed by atoms with Gasteiger partial charge in [0.1, 0.15) is 5.75 Å². The highest BCUT2D eigenvalue weighted by molar-refractivity contribution is 7.98. The van der Waals surface area contributed by atoms with Gasteiger partial charge < -0.3 is 10.1 Å². The van der Waals surface area contributed by atoms with E-state index in [4.69, 9.17) is 4.74 Å². The lowest BCUT2D eigenvalue weighted by atomic mass is 10.3. The van der Waals surface area contributed by atoms with Crippen LogP contribution in [0.15, 0.2) is 41.6 Å². The van der Waals surface area contributed by atoms with Crippen LogP contribution in [0.1, 0.15) is 19.5 Å². The highest BCUT2D eigenvalue weighted by atomic mass is 32.2. The molecule has 1 aromatic heterocycles. The van der Waals surface area contributed by atoms with E-state index < -0.39 is 0 Å². The van der Waals surface area contributed by atoms with E-state index >= 15 is 0 Å². The van der Waals surface area contributed by atoms with Crippen LogP contribution in [-0.4, -0.2) is 22.3 Å². The lowest BCUT2D eigenvalue weighted by molar-refractivity contribution is 0.445. The van der Waals surface area contributed by atoms with Crippen molar-refractivity contribution in [2.75, 3.05) is 6.26 Å². The highest BCUT2D eigenvalue weighted by Gasteiger charge is 2.06. The summed E-state index contributed by atoms with van der Waals surface area (Å²) in [5.41, 5.74) is 0.873. The molecule has 0 aliphatic carbocycles. The number of hydrogen-bond acceptors (Lipinski definition) is 5. The highest BCUT2D eigenvalue weighted by Crippen LogP contribution is 2.30. The molecule has 1 aromatic carbocycles. The average Bonchev–Trinajstić information content (AvgIpc) is 2.46. The van der Waals surface area contributed by atoms with Gasteiger partial charge in [0.15, 0.2) is 0 Å². The number of nitrogens with zero attached hydrogens (tertiary/aromatic N) is 2. The van der Waals surface area contributed by atoms with E-state index in [0.29, 0.717) is 18.5 Å². The molecule has 0 saturated carbocycles. The van der Waals surface area contributed by atoms with Crippen LogP contribution < -0.4 is 10.1 Å². The lowest BCUT2D eigenvalue weighted by Crippen LogP contribution is -2.22. The Labute approximate surface area is 124 Å². The Morgan fingerprint density at radius 1 is 1.25 bits per heavy atom. The molecule has 1 heterocycles. The van der Waals surface area contributed by atoms with Crippen molar-refractivity contribution >= 4 is 11.8 Å². The number of nitrogens with one attached hydrogen (secondary N) is 1. The van der Waals surface area contributed by atoms with Crippen LogP contribution in [0.3, 0.4) is 0 Å². The molecule has 0 fully saturated rings. The quantitative estimate of drug-likeness (QED) is 0.825. The van der Waals surface area contributed by atoms with Crippen molar-refractivity contribution in [2.24, 2.45) is 0 Å². The van der Waals surface area contributed by atoms with Gasteiger partial charge in [-0.3, -0.25) is 4.98 Å². The molecule has 0 aliphatic heterocycles. The Kier molecular flexibility index (Phi) is 5.38. The largest absolute Gasteiger partial charge is 0.436 e. The standard InChI is InChI=1S/C15H19N3OS/c1-11(2)17-9-12-8-16-10-15(18-12)19-13-6-4-5-7-14(13)20-3/h4-8,10-11,17H,9H2,1-3H3. The molecule has 5 heteroatoms. The van der Waals surface area contributed by atoms with Gasteiger partial charge in [0.25, 0.3) is 0 Å². The molecule has 0 saturated heterocycles. The third kappa shape index (κ3) is 4.21. The molecule has 0 radical (unpaired) electrons. The Morgan fingerprint density at radius 3 is 2.80 bits per heavy atom. The molecule has 0 aliphatic rings. The average molecular weight is 289 g/mol. The first-order valence-corrected chi connectivity index (χ1v) is 7.76. The van der Waals surface area contributed by atoms with Crippen LogP contribution in [-0.2, 0) is 6.54 Å². The van der Waals surface area contributed by atoms with Gasteiger partial charge in [-0.1, -0.05) is 26.0 Å². The molecule has 20 heavy (non-hydrogen) atoms. The summed E-state index contributed by atoms with van der Waals surface area (Å²) in [4.78, 5) is 9.72. The van der Waals surface area contributed by atoms with E-state index in [0.717, 1.165) is 16.3 Å². The van der Waals surface area contributed by atoms with Gasteiger partial charge in [-0.15, -0.1) is 11.8 Å². The molecule has 0 amide bonds. The smallest absolute Gasteiger partial charge is 0.238 e. The molecular formula is C15H19N3OS. The number of para-hydroxylation sites is 1. The number of hydrogen-bond donors (Lipinski definition) is 1. The molecule has 1 N–H and O–H groups in total. The first-order valence-electron chi connectivity index (χ1n) is 6.54. The fourth-order valence-electron chi connectivity index (χ4n) is 1.65. The number of aromatic nitrogens is 2. The molecule has 106 valence electrons. The minimum absolute atomic E-state index is 0.415. The van der Waals surface area contributed by atoms with Gasteiger partial charge in [0, 0.05) is 23.7 Å².